The van der Waals surface area contributed by atoms with E-state index in [1.54, 1.807) is 0 Å². The monoisotopic (exact) mass is 386 g/mol. The van der Waals surface area contributed by atoms with Crippen LogP contribution in [-0.4, -0.2) is 60.3 Å². The Morgan fingerprint density at radius 3 is 2.57 bits per heavy atom. The number of carbonyl (C=O) groups is 1. The lowest BCUT2D eigenvalue weighted by Crippen LogP contribution is -2.51. The van der Waals surface area contributed by atoms with Gasteiger partial charge in [0.05, 0.1) is 18.8 Å². The van der Waals surface area contributed by atoms with Crippen molar-refractivity contribution in [2.45, 2.75) is 33.2 Å². The molecule has 1 fully saturated rings. The lowest BCUT2D eigenvalue weighted by atomic mass is 10.2. The van der Waals surface area contributed by atoms with Crippen molar-refractivity contribution in [3.05, 3.63) is 47.3 Å². The van der Waals surface area contributed by atoms with Crippen molar-refractivity contribution in [3.63, 3.8) is 0 Å². The van der Waals surface area contributed by atoms with Crippen molar-refractivity contribution in [3.8, 4) is 5.75 Å². The van der Waals surface area contributed by atoms with Crippen LogP contribution in [0.1, 0.15) is 29.9 Å². The highest BCUT2D eigenvalue weighted by Gasteiger charge is 2.21. The highest BCUT2D eigenvalue weighted by atomic mass is 16.5. The van der Waals surface area contributed by atoms with Crippen LogP contribution in [0.25, 0.3) is 0 Å². The molecule has 1 aliphatic rings. The molecular formula is C21H30N4O3. The van der Waals surface area contributed by atoms with Gasteiger partial charge in [-0.1, -0.05) is 22.9 Å². The molecule has 0 unspecified atom stereocenters. The maximum Gasteiger partial charge on any atom is 0.317 e. The van der Waals surface area contributed by atoms with Crippen LogP contribution in [0.5, 0.6) is 5.75 Å². The van der Waals surface area contributed by atoms with Gasteiger partial charge in [-0.2, -0.15) is 0 Å². The number of amides is 2. The Morgan fingerprint density at radius 2 is 1.89 bits per heavy atom. The van der Waals surface area contributed by atoms with Gasteiger partial charge in [-0.3, -0.25) is 4.90 Å². The van der Waals surface area contributed by atoms with E-state index in [0.29, 0.717) is 13.2 Å². The highest BCUT2D eigenvalue weighted by molar-refractivity contribution is 5.74. The molecule has 1 saturated heterocycles. The molecular weight excluding hydrogens is 356 g/mol. The average Bonchev–Trinajstić information content (AvgIpc) is 3.11. The molecule has 1 aromatic heterocycles. The molecule has 0 atom stereocenters. The Bertz CT molecular complexity index is 736. The molecule has 1 aromatic carbocycles. The smallest absolute Gasteiger partial charge is 0.317 e. The zero-order valence-corrected chi connectivity index (χ0v) is 16.8. The molecule has 0 aliphatic carbocycles. The number of hydrogen-bond acceptors (Lipinski definition) is 5. The number of unbranched alkanes of at least 4 members (excludes halogenated alkanes) is 1. The summed E-state index contributed by atoms with van der Waals surface area (Å²) in [5.74, 6) is 1.77. The van der Waals surface area contributed by atoms with Crippen LogP contribution in [-0.2, 0) is 6.54 Å². The summed E-state index contributed by atoms with van der Waals surface area (Å²) in [5.41, 5.74) is 2.13. The average molecular weight is 386 g/mol. The summed E-state index contributed by atoms with van der Waals surface area (Å²) in [4.78, 5) is 16.5. The molecule has 1 N–H and O–H groups in total. The number of ether oxygens (including phenoxy) is 1. The minimum Gasteiger partial charge on any atom is -0.494 e. The maximum atomic E-state index is 12.3. The van der Waals surface area contributed by atoms with Crippen molar-refractivity contribution >= 4 is 6.03 Å². The predicted molar refractivity (Wildman–Crippen MR) is 107 cm³/mol. The topological polar surface area (TPSA) is 70.8 Å². The van der Waals surface area contributed by atoms with Gasteiger partial charge in [0.1, 0.15) is 5.75 Å². The number of nitrogens with one attached hydrogen (secondary N) is 1. The Labute approximate surface area is 166 Å². The number of piperazine rings is 1. The van der Waals surface area contributed by atoms with Gasteiger partial charge < -0.3 is 19.5 Å². The van der Waals surface area contributed by atoms with Gasteiger partial charge in [0.15, 0.2) is 5.76 Å². The highest BCUT2D eigenvalue weighted by Crippen LogP contribution is 2.12. The molecule has 7 nitrogen and oxygen atoms in total. The van der Waals surface area contributed by atoms with Crippen LogP contribution in [0, 0.1) is 13.8 Å². The second-order valence-corrected chi connectivity index (χ2v) is 7.30. The largest absolute Gasteiger partial charge is 0.494 e. The number of rotatable bonds is 8. The Balaban J connectivity index is 1.25. The van der Waals surface area contributed by atoms with E-state index in [0.717, 1.165) is 62.8 Å². The van der Waals surface area contributed by atoms with E-state index in [1.807, 2.05) is 42.2 Å². The summed E-state index contributed by atoms with van der Waals surface area (Å²) in [7, 11) is 0. The molecule has 0 saturated carbocycles. The minimum atomic E-state index is 0.0228. The minimum absolute atomic E-state index is 0.0228. The summed E-state index contributed by atoms with van der Waals surface area (Å²) in [6, 6.07) is 10.0. The summed E-state index contributed by atoms with van der Waals surface area (Å²) in [6.45, 7) is 9.22. The van der Waals surface area contributed by atoms with Crippen LogP contribution < -0.4 is 10.1 Å². The normalized spacial score (nSPS) is 14.9. The van der Waals surface area contributed by atoms with Crippen LogP contribution in [0.4, 0.5) is 4.79 Å². The third kappa shape index (κ3) is 6.27. The predicted octanol–water partition coefficient (Wildman–Crippen LogP) is 2.98. The molecule has 7 heteroatoms. The van der Waals surface area contributed by atoms with E-state index in [2.05, 4.69) is 22.3 Å². The fourth-order valence-electron chi connectivity index (χ4n) is 3.18. The van der Waals surface area contributed by atoms with Gasteiger partial charge in [0.25, 0.3) is 0 Å². The van der Waals surface area contributed by atoms with Crippen molar-refractivity contribution in [1.82, 2.24) is 20.3 Å². The quantitative estimate of drug-likeness (QED) is 0.706. The Hall–Kier alpha value is -2.54. The third-order valence-electron chi connectivity index (χ3n) is 4.85. The first-order valence-corrected chi connectivity index (χ1v) is 9.97. The number of urea groups is 1. The van der Waals surface area contributed by atoms with E-state index in [1.165, 1.54) is 5.56 Å². The van der Waals surface area contributed by atoms with Crippen LogP contribution in [0.15, 0.2) is 34.9 Å². The summed E-state index contributed by atoms with van der Waals surface area (Å²) in [5, 5.41) is 6.93. The van der Waals surface area contributed by atoms with Crippen molar-refractivity contribution in [1.29, 1.82) is 0 Å². The number of aromatic nitrogens is 1. The Morgan fingerprint density at radius 1 is 1.14 bits per heavy atom. The molecule has 1 aliphatic heterocycles. The zero-order valence-electron chi connectivity index (χ0n) is 16.8. The lowest BCUT2D eigenvalue weighted by Gasteiger charge is -2.34. The summed E-state index contributed by atoms with van der Waals surface area (Å²) < 4.78 is 11.0. The molecule has 152 valence electrons. The zero-order chi connectivity index (χ0) is 19.8. The van der Waals surface area contributed by atoms with Crippen LogP contribution in [0.3, 0.4) is 0 Å². The van der Waals surface area contributed by atoms with Crippen molar-refractivity contribution < 1.29 is 14.1 Å². The second kappa shape index (κ2) is 10.1. The van der Waals surface area contributed by atoms with Gasteiger partial charge in [0.2, 0.25) is 0 Å². The molecule has 0 radical (unpaired) electrons. The standard InChI is InChI=1S/C21H30N4O3/c1-17-5-7-19(8-6-17)27-14-4-3-9-22-21(26)25-12-10-24(11-13-25)16-20-15-18(2)23-28-20/h5-8,15H,3-4,9-14,16H2,1-2H3,(H,22,26). The number of hydrogen-bond donors (Lipinski definition) is 1. The van der Waals surface area contributed by atoms with Crippen LogP contribution >= 0.6 is 0 Å². The van der Waals surface area contributed by atoms with E-state index < -0.39 is 0 Å². The summed E-state index contributed by atoms with van der Waals surface area (Å²) in [6.07, 6.45) is 1.82. The molecule has 28 heavy (non-hydrogen) atoms. The molecule has 0 spiro atoms. The number of aryl methyl sites for hydroxylation is 2. The van der Waals surface area contributed by atoms with Crippen LogP contribution in [0.2, 0.25) is 0 Å². The number of carbonyl (C=O) groups excluding carboxylic acids is 1. The summed E-state index contributed by atoms with van der Waals surface area (Å²) >= 11 is 0. The van der Waals surface area contributed by atoms with Crippen molar-refractivity contribution in [2.75, 3.05) is 39.3 Å². The third-order valence-corrected chi connectivity index (χ3v) is 4.85. The SMILES string of the molecule is Cc1ccc(OCCCCNC(=O)N2CCN(Cc3cc(C)no3)CC2)cc1. The fourth-order valence-corrected chi connectivity index (χ4v) is 3.18. The number of nitrogens with zero attached hydrogens (tertiary/aromatic N) is 3. The first-order chi connectivity index (χ1) is 13.6. The molecule has 2 amide bonds. The van der Waals surface area contributed by atoms with Gasteiger partial charge in [-0.05, 0) is 38.8 Å². The molecule has 0 bridgehead atoms. The first kappa shape index (κ1) is 20.2. The first-order valence-electron chi connectivity index (χ1n) is 9.97. The maximum absolute atomic E-state index is 12.3. The van der Waals surface area contributed by atoms with Gasteiger partial charge in [0, 0.05) is 38.8 Å². The second-order valence-electron chi connectivity index (χ2n) is 7.30. The van der Waals surface area contributed by atoms with Gasteiger partial charge >= 0.3 is 6.03 Å². The van der Waals surface area contributed by atoms with E-state index in [4.69, 9.17) is 9.26 Å². The van der Waals surface area contributed by atoms with Gasteiger partial charge in [-0.25, -0.2) is 4.79 Å². The van der Waals surface area contributed by atoms with E-state index in [9.17, 15) is 4.79 Å². The molecule has 3 rings (SSSR count). The van der Waals surface area contributed by atoms with Gasteiger partial charge in [-0.15, -0.1) is 0 Å². The fraction of sp³-hybridized carbons (Fsp3) is 0.524. The van der Waals surface area contributed by atoms with Crippen molar-refractivity contribution in [2.24, 2.45) is 0 Å². The molecule has 2 heterocycles. The number of benzene rings is 1. The molecule has 2 aromatic rings. The van der Waals surface area contributed by atoms with E-state index in [-0.39, 0.29) is 6.03 Å². The lowest BCUT2D eigenvalue weighted by molar-refractivity contribution is 0.128. The Kier molecular flexibility index (Phi) is 7.31. The van der Waals surface area contributed by atoms with E-state index >= 15 is 0 Å².